The van der Waals surface area contributed by atoms with Crippen molar-refractivity contribution >= 4 is 25.4 Å². The van der Waals surface area contributed by atoms with Crippen LogP contribution in [0.25, 0.3) is 0 Å². The number of rotatable bonds is 5. The zero-order chi connectivity index (χ0) is 16.9. The SMILES string of the molecule is CC(C)[C@@H]1[C@@H](C[Se]c2ccccc2)OC(=O)C[C@H]1c1ccccc1. The Balaban J connectivity index is 1.80. The van der Waals surface area contributed by atoms with Gasteiger partial charge >= 0.3 is 151 Å². The normalized spacial score (nSPS) is 24.0. The van der Waals surface area contributed by atoms with E-state index in [2.05, 4.69) is 62.4 Å². The van der Waals surface area contributed by atoms with Gasteiger partial charge in [0, 0.05) is 0 Å². The molecule has 126 valence electrons. The summed E-state index contributed by atoms with van der Waals surface area (Å²) >= 11 is 0.331. The minimum atomic E-state index is -0.0467. The van der Waals surface area contributed by atoms with Crippen molar-refractivity contribution in [1.29, 1.82) is 0 Å². The van der Waals surface area contributed by atoms with Crippen molar-refractivity contribution in [3.8, 4) is 0 Å². The Hall–Kier alpha value is -1.57. The van der Waals surface area contributed by atoms with Crippen LogP contribution in [0.5, 0.6) is 0 Å². The average molecular weight is 387 g/mol. The molecule has 1 aliphatic rings. The van der Waals surface area contributed by atoms with Crippen LogP contribution in [0.3, 0.4) is 0 Å². The van der Waals surface area contributed by atoms with E-state index in [0.717, 1.165) is 5.32 Å². The second-order valence-corrected chi connectivity index (χ2v) is 8.99. The first kappa shape index (κ1) is 17.3. The van der Waals surface area contributed by atoms with Crippen LogP contribution in [0, 0.1) is 11.8 Å². The maximum absolute atomic E-state index is 12.2. The number of hydrogen-bond donors (Lipinski definition) is 0. The number of ether oxygens (including phenoxy) is 1. The molecule has 0 saturated carbocycles. The molecule has 2 aromatic rings. The van der Waals surface area contributed by atoms with Crippen LogP contribution < -0.4 is 4.46 Å². The third-order valence-corrected chi connectivity index (χ3v) is 7.03. The van der Waals surface area contributed by atoms with Gasteiger partial charge in [-0.25, -0.2) is 0 Å². The zero-order valence-corrected chi connectivity index (χ0v) is 15.9. The van der Waals surface area contributed by atoms with Crippen LogP contribution in [0.2, 0.25) is 5.32 Å². The molecule has 0 bridgehead atoms. The number of carbonyl (C=O) groups is 1. The number of hydrogen-bond acceptors (Lipinski definition) is 2. The first-order chi connectivity index (χ1) is 11.6. The number of benzene rings is 2. The molecule has 0 radical (unpaired) electrons. The van der Waals surface area contributed by atoms with Crippen molar-refractivity contribution in [3.05, 3.63) is 66.2 Å². The Labute approximate surface area is 150 Å². The Morgan fingerprint density at radius 1 is 1.04 bits per heavy atom. The van der Waals surface area contributed by atoms with Crippen LogP contribution in [-0.2, 0) is 9.53 Å². The molecule has 1 heterocycles. The van der Waals surface area contributed by atoms with Crippen LogP contribution in [-0.4, -0.2) is 27.0 Å². The van der Waals surface area contributed by atoms with Crippen molar-refractivity contribution < 1.29 is 9.53 Å². The summed E-state index contributed by atoms with van der Waals surface area (Å²) in [4.78, 5) is 12.2. The molecular weight excluding hydrogens is 363 g/mol. The Morgan fingerprint density at radius 3 is 2.29 bits per heavy atom. The van der Waals surface area contributed by atoms with E-state index in [4.69, 9.17) is 4.74 Å². The van der Waals surface area contributed by atoms with Crippen molar-refractivity contribution in [3.63, 3.8) is 0 Å². The molecule has 1 saturated heterocycles. The number of esters is 1. The summed E-state index contributed by atoms with van der Waals surface area (Å²) in [7, 11) is 0. The average Bonchev–Trinajstić information content (AvgIpc) is 2.60. The summed E-state index contributed by atoms with van der Waals surface area (Å²) in [6, 6.07) is 21.0. The maximum atomic E-state index is 12.2. The molecule has 0 aliphatic carbocycles. The van der Waals surface area contributed by atoms with E-state index in [0.29, 0.717) is 33.2 Å². The molecule has 2 nitrogen and oxygen atoms in total. The van der Waals surface area contributed by atoms with E-state index in [1.165, 1.54) is 10.0 Å². The second kappa shape index (κ2) is 8.00. The van der Waals surface area contributed by atoms with E-state index >= 15 is 0 Å². The predicted molar refractivity (Wildman–Crippen MR) is 98.6 cm³/mol. The Bertz CT molecular complexity index is 654. The molecular formula is C21H24O2Se. The predicted octanol–water partition coefficient (Wildman–Crippen LogP) is 3.81. The van der Waals surface area contributed by atoms with Gasteiger partial charge < -0.3 is 0 Å². The molecule has 0 N–H and O–H groups in total. The molecule has 2 aromatic carbocycles. The first-order valence-corrected chi connectivity index (χ1v) is 10.6. The third-order valence-electron chi connectivity index (χ3n) is 4.72. The summed E-state index contributed by atoms with van der Waals surface area (Å²) in [6.07, 6.45) is 0.526. The molecule has 3 heteroatoms. The van der Waals surface area contributed by atoms with Gasteiger partial charge in [-0.1, -0.05) is 0 Å². The molecule has 0 unspecified atom stereocenters. The van der Waals surface area contributed by atoms with E-state index in [-0.39, 0.29) is 18.0 Å². The van der Waals surface area contributed by atoms with Gasteiger partial charge in [0.1, 0.15) is 0 Å². The molecule has 0 spiro atoms. The minimum absolute atomic E-state index is 0.0247. The van der Waals surface area contributed by atoms with Gasteiger partial charge in [-0.05, 0) is 0 Å². The summed E-state index contributed by atoms with van der Waals surface area (Å²) < 4.78 is 7.18. The number of cyclic esters (lactones) is 1. The van der Waals surface area contributed by atoms with Crippen molar-refractivity contribution in [2.24, 2.45) is 11.8 Å². The van der Waals surface area contributed by atoms with Crippen LogP contribution in [0.15, 0.2) is 60.7 Å². The zero-order valence-electron chi connectivity index (χ0n) is 14.2. The van der Waals surface area contributed by atoms with E-state index in [9.17, 15) is 4.79 Å². The van der Waals surface area contributed by atoms with Crippen molar-refractivity contribution in [2.45, 2.75) is 37.6 Å². The van der Waals surface area contributed by atoms with Gasteiger partial charge in [0.05, 0.1) is 0 Å². The Kier molecular flexibility index (Phi) is 5.76. The van der Waals surface area contributed by atoms with E-state index in [1.807, 2.05) is 12.1 Å². The molecule has 1 aliphatic heterocycles. The number of carbonyl (C=O) groups excluding carboxylic acids is 1. The second-order valence-electron chi connectivity index (χ2n) is 6.70. The van der Waals surface area contributed by atoms with Gasteiger partial charge in [0.2, 0.25) is 0 Å². The van der Waals surface area contributed by atoms with Gasteiger partial charge in [-0.2, -0.15) is 0 Å². The summed E-state index contributed by atoms with van der Waals surface area (Å²) in [6.45, 7) is 4.50. The van der Waals surface area contributed by atoms with E-state index < -0.39 is 0 Å². The van der Waals surface area contributed by atoms with Crippen LogP contribution in [0.4, 0.5) is 0 Å². The van der Waals surface area contributed by atoms with Gasteiger partial charge in [-0.3, -0.25) is 0 Å². The van der Waals surface area contributed by atoms with Crippen LogP contribution >= 0.6 is 0 Å². The third kappa shape index (κ3) is 4.09. The summed E-state index contributed by atoms with van der Waals surface area (Å²) in [5.74, 6) is 1.09. The summed E-state index contributed by atoms with van der Waals surface area (Å²) in [5.41, 5.74) is 1.27. The molecule has 0 aromatic heterocycles. The fourth-order valence-electron chi connectivity index (χ4n) is 3.64. The topological polar surface area (TPSA) is 26.3 Å². The first-order valence-electron chi connectivity index (χ1n) is 8.57. The molecule has 1 fully saturated rings. The van der Waals surface area contributed by atoms with Gasteiger partial charge in [0.15, 0.2) is 0 Å². The van der Waals surface area contributed by atoms with Gasteiger partial charge in [-0.15, -0.1) is 0 Å². The van der Waals surface area contributed by atoms with Crippen molar-refractivity contribution in [1.82, 2.24) is 0 Å². The standard InChI is InChI=1S/C21H24O2Se/c1-15(2)21-18(16-9-5-3-6-10-16)13-20(22)23-19(21)14-24-17-11-7-4-8-12-17/h3-12,15,18-19,21H,13-14H2,1-2H3/t18-,19+,21-/m0/s1. The fraction of sp³-hybridized carbons (Fsp3) is 0.381. The fourth-order valence-corrected chi connectivity index (χ4v) is 5.74. The molecule has 24 heavy (non-hydrogen) atoms. The molecule has 0 amide bonds. The van der Waals surface area contributed by atoms with Crippen molar-refractivity contribution in [2.75, 3.05) is 0 Å². The van der Waals surface area contributed by atoms with Crippen LogP contribution in [0.1, 0.15) is 31.7 Å². The quantitative estimate of drug-likeness (QED) is 0.576. The summed E-state index contributed by atoms with van der Waals surface area (Å²) in [5, 5.41) is 0.953. The monoisotopic (exact) mass is 388 g/mol. The van der Waals surface area contributed by atoms with Gasteiger partial charge in [0.25, 0.3) is 0 Å². The molecule has 3 rings (SSSR count). The molecule has 3 atom stereocenters. The Morgan fingerprint density at radius 2 is 1.67 bits per heavy atom. The van der Waals surface area contributed by atoms with E-state index in [1.54, 1.807) is 0 Å².